The highest BCUT2D eigenvalue weighted by Gasteiger charge is 2.15. The number of fused-ring (bicyclic) bond motifs is 3. The molecule has 0 atom stereocenters. The van der Waals surface area contributed by atoms with E-state index in [4.69, 9.17) is 9.97 Å². The van der Waals surface area contributed by atoms with E-state index < -0.39 is 0 Å². The zero-order valence-electron chi connectivity index (χ0n) is 18.0. The van der Waals surface area contributed by atoms with E-state index in [0.717, 1.165) is 55.7 Å². The lowest BCUT2D eigenvalue weighted by molar-refractivity contribution is 0.595. The number of rotatable bonds is 3. The average Bonchev–Trinajstić information content (AvgIpc) is 3.37. The van der Waals surface area contributed by atoms with Gasteiger partial charge >= 0.3 is 0 Å². The molecular weight excluding hydrogens is 398 g/mol. The smallest absolute Gasteiger partial charge is 0.161 e. The van der Waals surface area contributed by atoms with Crippen LogP contribution in [0.5, 0.6) is 0 Å². The van der Waals surface area contributed by atoms with Crippen molar-refractivity contribution in [2.24, 2.45) is 0 Å². The van der Waals surface area contributed by atoms with Crippen LogP contribution in [0.4, 0.5) is 0 Å². The van der Waals surface area contributed by atoms with Gasteiger partial charge in [0.05, 0.1) is 11.2 Å². The molecule has 6 rings (SSSR count). The largest absolute Gasteiger partial charge is 0.345 e. The molecule has 0 aliphatic rings. The normalized spacial score (nSPS) is 11.9. The highest BCUT2D eigenvalue weighted by atomic mass is 15.1. The molecule has 0 aliphatic heterocycles. The summed E-state index contributed by atoms with van der Waals surface area (Å²) in [6.45, 7) is 6.31. The summed E-state index contributed by atoms with van der Waals surface area (Å²) in [7, 11) is 0. The summed E-state index contributed by atoms with van der Waals surface area (Å²) >= 11 is 0. The minimum absolute atomic E-state index is 0.286. The number of nitrogens with one attached hydrogen (secondary N) is 1. The van der Waals surface area contributed by atoms with Crippen molar-refractivity contribution < 1.29 is 0 Å². The van der Waals surface area contributed by atoms with Crippen molar-refractivity contribution in [1.29, 1.82) is 0 Å². The van der Waals surface area contributed by atoms with Crippen LogP contribution in [0.15, 0.2) is 61.1 Å². The van der Waals surface area contributed by atoms with Crippen LogP contribution in [0, 0.1) is 6.92 Å². The molecule has 0 unspecified atom stereocenters. The predicted molar refractivity (Wildman–Crippen MR) is 126 cm³/mol. The minimum atomic E-state index is 0.286. The van der Waals surface area contributed by atoms with Gasteiger partial charge in [0, 0.05) is 46.5 Å². The number of H-pyrrole nitrogens is 1. The summed E-state index contributed by atoms with van der Waals surface area (Å²) in [6.07, 6.45) is 5.62. The van der Waals surface area contributed by atoms with Gasteiger partial charge in [0.25, 0.3) is 0 Å². The highest BCUT2D eigenvalue weighted by molar-refractivity contribution is 5.94. The summed E-state index contributed by atoms with van der Waals surface area (Å²) in [5.41, 5.74) is 6.35. The molecule has 156 valence electrons. The molecule has 5 aromatic heterocycles. The van der Waals surface area contributed by atoms with E-state index in [1.54, 1.807) is 6.20 Å². The third kappa shape index (κ3) is 2.85. The first kappa shape index (κ1) is 18.6. The highest BCUT2D eigenvalue weighted by Crippen LogP contribution is 2.30. The van der Waals surface area contributed by atoms with Crippen molar-refractivity contribution in [3.63, 3.8) is 0 Å². The zero-order chi connectivity index (χ0) is 21.8. The van der Waals surface area contributed by atoms with E-state index in [0.29, 0.717) is 5.82 Å². The molecule has 0 radical (unpaired) electrons. The first-order chi connectivity index (χ1) is 15.6. The number of pyridine rings is 2. The van der Waals surface area contributed by atoms with Crippen LogP contribution in [-0.4, -0.2) is 34.5 Å². The molecular formula is C25H21N7. The maximum absolute atomic E-state index is 4.94. The van der Waals surface area contributed by atoms with Crippen LogP contribution >= 0.6 is 0 Å². The van der Waals surface area contributed by atoms with Gasteiger partial charge in [-0.2, -0.15) is 0 Å². The maximum Gasteiger partial charge on any atom is 0.161 e. The van der Waals surface area contributed by atoms with Crippen molar-refractivity contribution in [3.8, 4) is 22.6 Å². The summed E-state index contributed by atoms with van der Waals surface area (Å²) in [4.78, 5) is 26.7. The standard InChI is InChI=1S/C25H21N7/c1-14(2)32-15(3)29-22-9-8-21(30-25(22)32)18-12-28-24-19(18)13-27-23(31-24)17-6-7-20-16(11-17)5-4-10-26-20/h4-14H,1-3H3,(H,27,28,31). The Hall–Kier alpha value is -4.13. The fourth-order valence-electron chi connectivity index (χ4n) is 4.33. The molecule has 1 aromatic carbocycles. The number of hydrogen-bond donors (Lipinski definition) is 1. The van der Waals surface area contributed by atoms with Gasteiger partial charge in [-0.15, -0.1) is 0 Å². The van der Waals surface area contributed by atoms with E-state index in [1.807, 2.05) is 55.7 Å². The van der Waals surface area contributed by atoms with Crippen molar-refractivity contribution in [2.75, 3.05) is 0 Å². The molecule has 0 fully saturated rings. The zero-order valence-corrected chi connectivity index (χ0v) is 18.0. The van der Waals surface area contributed by atoms with Crippen LogP contribution in [0.3, 0.4) is 0 Å². The quantitative estimate of drug-likeness (QED) is 0.411. The van der Waals surface area contributed by atoms with Gasteiger partial charge in [-0.1, -0.05) is 6.07 Å². The fourth-order valence-corrected chi connectivity index (χ4v) is 4.33. The summed E-state index contributed by atoms with van der Waals surface area (Å²) < 4.78 is 2.16. The molecule has 1 N–H and O–H groups in total. The summed E-state index contributed by atoms with van der Waals surface area (Å²) in [6, 6.07) is 14.4. The van der Waals surface area contributed by atoms with Gasteiger partial charge in [0.1, 0.15) is 17.0 Å². The van der Waals surface area contributed by atoms with Gasteiger partial charge in [-0.25, -0.2) is 19.9 Å². The molecule has 7 nitrogen and oxygen atoms in total. The number of aromatic nitrogens is 7. The second-order valence-corrected chi connectivity index (χ2v) is 8.23. The molecule has 0 aliphatic carbocycles. The molecule has 0 spiro atoms. The number of imidazole rings is 1. The molecule has 0 bridgehead atoms. The average molecular weight is 419 g/mol. The monoisotopic (exact) mass is 419 g/mol. The minimum Gasteiger partial charge on any atom is -0.345 e. The molecule has 7 heteroatoms. The lowest BCUT2D eigenvalue weighted by atomic mass is 10.1. The van der Waals surface area contributed by atoms with Gasteiger partial charge < -0.3 is 9.55 Å². The Bertz CT molecular complexity index is 1620. The number of nitrogens with zero attached hydrogens (tertiary/aromatic N) is 6. The van der Waals surface area contributed by atoms with Crippen LogP contribution in [-0.2, 0) is 0 Å². The Morgan fingerprint density at radius 2 is 1.81 bits per heavy atom. The first-order valence-electron chi connectivity index (χ1n) is 10.6. The topological polar surface area (TPSA) is 85.2 Å². The van der Waals surface area contributed by atoms with Crippen LogP contribution in [0.2, 0.25) is 0 Å². The van der Waals surface area contributed by atoms with E-state index in [1.165, 1.54) is 0 Å². The Balaban J connectivity index is 1.45. The van der Waals surface area contributed by atoms with E-state index in [-0.39, 0.29) is 6.04 Å². The van der Waals surface area contributed by atoms with Crippen molar-refractivity contribution in [3.05, 3.63) is 66.9 Å². The number of aryl methyl sites for hydroxylation is 1. The fraction of sp³-hybridized carbons (Fsp3) is 0.160. The Kier molecular flexibility index (Phi) is 4.04. The van der Waals surface area contributed by atoms with Gasteiger partial charge in [-0.05, 0) is 57.2 Å². The van der Waals surface area contributed by atoms with Gasteiger partial charge in [0.15, 0.2) is 11.5 Å². The number of hydrogen-bond acceptors (Lipinski definition) is 5. The lowest BCUT2D eigenvalue weighted by Crippen LogP contribution is -2.04. The second kappa shape index (κ2) is 6.95. The molecule has 6 aromatic rings. The molecule has 0 saturated carbocycles. The molecule has 0 amide bonds. The third-order valence-corrected chi connectivity index (χ3v) is 5.80. The first-order valence-corrected chi connectivity index (χ1v) is 10.6. The van der Waals surface area contributed by atoms with Gasteiger partial charge in [-0.3, -0.25) is 4.98 Å². The van der Waals surface area contributed by atoms with E-state index in [2.05, 4.69) is 44.4 Å². The maximum atomic E-state index is 4.94. The van der Waals surface area contributed by atoms with Crippen molar-refractivity contribution >= 4 is 33.1 Å². The second-order valence-electron chi connectivity index (χ2n) is 8.23. The van der Waals surface area contributed by atoms with E-state index >= 15 is 0 Å². The van der Waals surface area contributed by atoms with Gasteiger partial charge in [0.2, 0.25) is 0 Å². The van der Waals surface area contributed by atoms with Crippen LogP contribution < -0.4 is 0 Å². The third-order valence-electron chi connectivity index (χ3n) is 5.80. The SMILES string of the molecule is Cc1nc2ccc(-c3c[nH]c4nc(-c5ccc6ncccc6c5)ncc34)nc2n1C(C)C. The van der Waals surface area contributed by atoms with Crippen LogP contribution in [0.25, 0.3) is 55.7 Å². The Morgan fingerprint density at radius 3 is 2.69 bits per heavy atom. The summed E-state index contributed by atoms with van der Waals surface area (Å²) in [5.74, 6) is 1.64. The summed E-state index contributed by atoms with van der Waals surface area (Å²) in [5, 5.41) is 2.01. The van der Waals surface area contributed by atoms with Crippen molar-refractivity contribution in [1.82, 2.24) is 34.5 Å². The van der Waals surface area contributed by atoms with E-state index in [9.17, 15) is 0 Å². The van der Waals surface area contributed by atoms with Crippen molar-refractivity contribution in [2.45, 2.75) is 26.8 Å². The van der Waals surface area contributed by atoms with Crippen LogP contribution in [0.1, 0.15) is 25.7 Å². The molecule has 32 heavy (non-hydrogen) atoms. The Labute approximate surface area is 184 Å². The lowest BCUT2D eigenvalue weighted by Gasteiger charge is -2.10. The molecule has 5 heterocycles. The Morgan fingerprint density at radius 1 is 0.938 bits per heavy atom. The number of aromatic amines is 1. The predicted octanol–water partition coefficient (Wildman–Crippen LogP) is 5.47. The number of benzene rings is 1. The molecule has 0 saturated heterocycles.